The van der Waals surface area contributed by atoms with Crippen LogP contribution in [0.4, 0.5) is 0 Å². The molecule has 1 N–H and O–H groups in total. The fourth-order valence-electron chi connectivity index (χ4n) is 2.48. The molecule has 1 aromatic rings. The fraction of sp³-hybridized carbons (Fsp3) is 0.500. The standard InChI is InChI=1S/C16H21O4PS/c1-11(21(18)19-9-16(2,3)10-20-21)15-8-13(17)12-6-4-5-7-14(12)22-15/h4-7,13,17H,8-10H2,1-3H3/b15-11+/t13-/m0/s1. The van der Waals surface area contributed by atoms with Gasteiger partial charge < -0.3 is 14.2 Å². The molecule has 0 aromatic heterocycles. The summed E-state index contributed by atoms with van der Waals surface area (Å²) in [6, 6.07) is 7.76. The largest absolute Gasteiger partial charge is 0.388 e. The van der Waals surface area contributed by atoms with Gasteiger partial charge in [-0.15, -0.1) is 0 Å². The highest BCUT2D eigenvalue weighted by Gasteiger charge is 2.40. The highest BCUT2D eigenvalue weighted by molar-refractivity contribution is 8.03. The van der Waals surface area contributed by atoms with Crippen molar-refractivity contribution in [2.45, 2.75) is 38.2 Å². The molecule has 1 fully saturated rings. The zero-order valence-electron chi connectivity index (χ0n) is 13.0. The van der Waals surface area contributed by atoms with Crippen molar-refractivity contribution in [2.24, 2.45) is 5.41 Å². The molecule has 2 heterocycles. The Morgan fingerprint density at radius 1 is 1.32 bits per heavy atom. The maximum atomic E-state index is 12.9. The Morgan fingerprint density at radius 3 is 2.64 bits per heavy atom. The number of hydrogen-bond donors (Lipinski definition) is 1. The molecule has 1 saturated heterocycles. The van der Waals surface area contributed by atoms with Gasteiger partial charge in [0.25, 0.3) is 0 Å². The Kier molecular flexibility index (Phi) is 4.30. The van der Waals surface area contributed by atoms with E-state index in [1.54, 1.807) is 18.7 Å². The molecule has 1 atom stereocenters. The van der Waals surface area contributed by atoms with Crippen LogP contribution in [-0.2, 0) is 13.6 Å². The quantitative estimate of drug-likeness (QED) is 0.750. The lowest BCUT2D eigenvalue weighted by Gasteiger charge is -2.35. The van der Waals surface area contributed by atoms with E-state index in [9.17, 15) is 9.67 Å². The van der Waals surface area contributed by atoms with Gasteiger partial charge in [0.15, 0.2) is 0 Å². The van der Waals surface area contributed by atoms with Crippen molar-refractivity contribution in [2.75, 3.05) is 13.2 Å². The third-order valence-corrected chi connectivity index (χ3v) is 7.45. The van der Waals surface area contributed by atoms with Crippen molar-refractivity contribution in [3.63, 3.8) is 0 Å². The van der Waals surface area contributed by atoms with Gasteiger partial charge in [-0.1, -0.05) is 43.8 Å². The lowest BCUT2D eigenvalue weighted by atomic mass is 9.97. The van der Waals surface area contributed by atoms with Crippen molar-refractivity contribution in [3.8, 4) is 0 Å². The molecule has 0 unspecified atom stereocenters. The first-order chi connectivity index (χ1) is 10.3. The first kappa shape index (κ1) is 16.3. The Bertz CT molecular complexity index is 654. The summed E-state index contributed by atoms with van der Waals surface area (Å²) in [4.78, 5) is 1.88. The lowest BCUT2D eigenvalue weighted by molar-refractivity contribution is 0.0444. The van der Waals surface area contributed by atoms with Crippen LogP contribution in [0.1, 0.15) is 38.9 Å². The smallest absolute Gasteiger partial charge is 0.357 e. The maximum Gasteiger partial charge on any atom is 0.357 e. The molecule has 0 spiro atoms. The van der Waals surface area contributed by atoms with Crippen molar-refractivity contribution in [3.05, 3.63) is 40.0 Å². The van der Waals surface area contributed by atoms with Crippen LogP contribution in [0, 0.1) is 5.41 Å². The number of aliphatic hydroxyl groups is 1. The normalized spacial score (nSPS) is 28.8. The van der Waals surface area contributed by atoms with E-state index >= 15 is 0 Å². The summed E-state index contributed by atoms with van der Waals surface area (Å²) in [5.41, 5.74) is 0.805. The summed E-state index contributed by atoms with van der Waals surface area (Å²) >= 11 is 1.55. The number of aliphatic hydroxyl groups excluding tert-OH is 1. The first-order valence-electron chi connectivity index (χ1n) is 7.35. The van der Waals surface area contributed by atoms with E-state index < -0.39 is 13.7 Å². The SMILES string of the molecule is C/C(=C1/C[C@H](O)c2ccccc2S1)P1(=O)OCC(C)(C)CO1. The number of benzene rings is 1. The van der Waals surface area contributed by atoms with Gasteiger partial charge in [-0.25, -0.2) is 0 Å². The number of hydrogen-bond acceptors (Lipinski definition) is 5. The predicted molar refractivity (Wildman–Crippen MR) is 87.9 cm³/mol. The van der Waals surface area contributed by atoms with Gasteiger partial charge in [-0.05, 0) is 18.6 Å². The molecule has 1 aromatic carbocycles. The van der Waals surface area contributed by atoms with Crippen LogP contribution in [0.25, 0.3) is 0 Å². The topological polar surface area (TPSA) is 55.8 Å². The molecule has 22 heavy (non-hydrogen) atoms. The van der Waals surface area contributed by atoms with Crippen molar-refractivity contribution in [1.82, 2.24) is 0 Å². The monoisotopic (exact) mass is 340 g/mol. The van der Waals surface area contributed by atoms with Crippen molar-refractivity contribution in [1.29, 1.82) is 0 Å². The van der Waals surface area contributed by atoms with Crippen LogP contribution in [0.5, 0.6) is 0 Å². The summed E-state index contributed by atoms with van der Waals surface area (Å²) < 4.78 is 24.1. The highest BCUT2D eigenvalue weighted by Crippen LogP contribution is 2.63. The van der Waals surface area contributed by atoms with Gasteiger partial charge >= 0.3 is 7.60 Å². The minimum absolute atomic E-state index is 0.120. The number of allylic oxidation sites excluding steroid dienone is 1. The molecule has 0 aliphatic carbocycles. The second-order valence-electron chi connectivity index (χ2n) is 6.58. The van der Waals surface area contributed by atoms with Crippen LogP contribution in [0.3, 0.4) is 0 Å². The summed E-state index contributed by atoms with van der Waals surface area (Å²) in [5, 5.41) is 11.0. The molecule has 0 radical (unpaired) electrons. The van der Waals surface area contributed by atoms with Crippen molar-refractivity contribution >= 4 is 19.4 Å². The average molecular weight is 340 g/mol. The molecular formula is C16H21O4PS. The second-order valence-corrected chi connectivity index (χ2v) is 9.90. The van der Waals surface area contributed by atoms with E-state index in [0.717, 1.165) is 15.4 Å². The van der Waals surface area contributed by atoms with E-state index in [1.165, 1.54) is 0 Å². The first-order valence-corrected chi connectivity index (χ1v) is 9.71. The van der Waals surface area contributed by atoms with E-state index in [4.69, 9.17) is 9.05 Å². The zero-order valence-corrected chi connectivity index (χ0v) is 14.7. The van der Waals surface area contributed by atoms with Crippen molar-refractivity contribution < 1.29 is 18.7 Å². The van der Waals surface area contributed by atoms with Crippen LogP contribution in [0.15, 0.2) is 39.4 Å². The molecule has 2 aliphatic rings. The third-order valence-electron chi connectivity index (χ3n) is 3.95. The second kappa shape index (κ2) is 5.81. The molecule has 4 nitrogen and oxygen atoms in total. The minimum atomic E-state index is -3.24. The minimum Gasteiger partial charge on any atom is -0.388 e. The molecule has 6 heteroatoms. The van der Waals surface area contributed by atoms with Crippen LogP contribution in [0.2, 0.25) is 0 Å². The average Bonchev–Trinajstić information content (AvgIpc) is 2.50. The van der Waals surface area contributed by atoms with Gasteiger partial charge in [0, 0.05) is 27.0 Å². The third kappa shape index (κ3) is 3.06. The molecule has 2 aliphatic heterocycles. The van der Waals surface area contributed by atoms with Crippen LogP contribution < -0.4 is 0 Å². The summed E-state index contributed by atoms with van der Waals surface area (Å²) in [5.74, 6) is 0. The van der Waals surface area contributed by atoms with E-state index in [0.29, 0.717) is 24.9 Å². The van der Waals surface area contributed by atoms with Gasteiger partial charge in [0.2, 0.25) is 0 Å². The highest BCUT2D eigenvalue weighted by atomic mass is 32.2. The zero-order chi connectivity index (χ0) is 16.0. The summed E-state index contributed by atoms with van der Waals surface area (Å²) in [7, 11) is -3.24. The molecule has 0 bridgehead atoms. The molecular weight excluding hydrogens is 319 g/mol. The lowest BCUT2D eigenvalue weighted by Crippen LogP contribution is -2.29. The number of fused-ring (bicyclic) bond motifs is 1. The van der Waals surface area contributed by atoms with Gasteiger partial charge in [0.1, 0.15) is 0 Å². The van der Waals surface area contributed by atoms with E-state index in [-0.39, 0.29) is 5.41 Å². The van der Waals surface area contributed by atoms with Gasteiger partial charge in [-0.3, -0.25) is 4.57 Å². The Labute approximate surface area is 135 Å². The number of thioether (sulfide) groups is 1. The van der Waals surface area contributed by atoms with Crippen LogP contribution >= 0.6 is 19.4 Å². The van der Waals surface area contributed by atoms with Gasteiger partial charge in [0.05, 0.1) is 19.3 Å². The fourth-order valence-corrected chi connectivity index (χ4v) is 5.97. The molecule has 0 amide bonds. The van der Waals surface area contributed by atoms with E-state index in [1.807, 2.05) is 38.1 Å². The predicted octanol–water partition coefficient (Wildman–Crippen LogP) is 4.71. The maximum absolute atomic E-state index is 12.9. The Hall–Kier alpha value is -0.580. The Morgan fingerprint density at radius 2 is 1.95 bits per heavy atom. The Balaban J connectivity index is 1.90. The molecule has 120 valence electrons. The van der Waals surface area contributed by atoms with Gasteiger partial charge in [-0.2, -0.15) is 0 Å². The van der Waals surface area contributed by atoms with E-state index in [2.05, 4.69) is 0 Å². The molecule has 3 rings (SSSR count). The molecule has 0 saturated carbocycles. The number of rotatable bonds is 1. The summed E-state index contributed by atoms with van der Waals surface area (Å²) in [6.07, 6.45) is -0.122. The summed E-state index contributed by atoms with van der Waals surface area (Å²) in [6.45, 7) is 6.67. The van der Waals surface area contributed by atoms with Crippen LogP contribution in [-0.4, -0.2) is 18.3 Å².